The van der Waals surface area contributed by atoms with E-state index >= 15 is 0 Å². The van der Waals surface area contributed by atoms with E-state index in [4.69, 9.17) is 0 Å². The lowest BCUT2D eigenvalue weighted by Crippen LogP contribution is -2.42. The van der Waals surface area contributed by atoms with Crippen molar-refractivity contribution < 1.29 is 9.18 Å². The van der Waals surface area contributed by atoms with Crippen LogP contribution in [0.15, 0.2) is 59.6 Å². The molecule has 6 heteroatoms. The summed E-state index contributed by atoms with van der Waals surface area (Å²) in [6.45, 7) is 0.606. The fourth-order valence-electron chi connectivity index (χ4n) is 2.13. The number of rotatable bonds is 6. The monoisotopic (exact) mass is 328 g/mol. The number of nitrogens with zero attached hydrogens (tertiary/aromatic N) is 1. The maximum Gasteiger partial charge on any atom is 0.243 e. The first kappa shape index (κ1) is 17.5. The number of hydrogen-bond donors (Lipinski definition) is 3. The third kappa shape index (κ3) is 5.72. The third-order valence-corrected chi connectivity index (χ3v) is 3.34. The number of benzene rings is 2. The number of para-hydroxylation sites is 1. The van der Waals surface area contributed by atoms with Gasteiger partial charge in [0.05, 0.1) is 6.54 Å². The van der Waals surface area contributed by atoms with Crippen LogP contribution in [0, 0.1) is 5.82 Å². The topological polar surface area (TPSA) is 65.5 Å². The molecule has 0 aromatic heterocycles. The Labute approximate surface area is 141 Å². The summed E-state index contributed by atoms with van der Waals surface area (Å²) in [5, 5.41) is 8.76. The van der Waals surface area contributed by atoms with Gasteiger partial charge in [0.1, 0.15) is 5.82 Å². The molecule has 126 valence electrons. The van der Waals surface area contributed by atoms with Gasteiger partial charge < -0.3 is 16.0 Å². The molecule has 0 aliphatic carbocycles. The SMILES string of the molecule is CN=C(NCCc1ccccc1F)NCC(=O)Nc1ccccc1. The van der Waals surface area contributed by atoms with Crippen molar-refractivity contribution in [2.45, 2.75) is 6.42 Å². The van der Waals surface area contributed by atoms with Crippen molar-refractivity contribution in [3.8, 4) is 0 Å². The summed E-state index contributed by atoms with van der Waals surface area (Å²) in [6, 6.07) is 15.9. The van der Waals surface area contributed by atoms with Gasteiger partial charge in [0.25, 0.3) is 0 Å². The summed E-state index contributed by atoms with van der Waals surface area (Å²) in [5.74, 6) is 0.109. The molecule has 3 N–H and O–H groups in total. The number of guanidine groups is 1. The molecule has 0 atom stereocenters. The second kappa shape index (κ2) is 9.29. The number of nitrogens with one attached hydrogen (secondary N) is 3. The largest absolute Gasteiger partial charge is 0.356 e. The highest BCUT2D eigenvalue weighted by Gasteiger charge is 2.05. The highest BCUT2D eigenvalue weighted by atomic mass is 19.1. The molecule has 2 aromatic rings. The minimum atomic E-state index is -0.218. The van der Waals surface area contributed by atoms with Gasteiger partial charge in [-0.05, 0) is 30.2 Å². The van der Waals surface area contributed by atoms with Crippen LogP contribution in [0.5, 0.6) is 0 Å². The van der Waals surface area contributed by atoms with Crippen LogP contribution >= 0.6 is 0 Å². The summed E-state index contributed by atoms with van der Waals surface area (Å²) in [6.07, 6.45) is 0.531. The van der Waals surface area contributed by atoms with Crippen LogP contribution in [0.3, 0.4) is 0 Å². The Balaban J connectivity index is 1.72. The van der Waals surface area contributed by atoms with Gasteiger partial charge in [-0.3, -0.25) is 9.79 Å². The predicted molar refractivity (Wildman–Crippen MR) is 94.5 cm³/mol. The Bertz CT molecular complexity index is 688. The first-order valence-corrected chi connectivity index (χ1v) is 7.72. The normalized spacial score (nSPS) is 11.0. The van der Waals surface area contributed by atoms with Crippen LogP contribution in [0.25, 0.3) is 0 Å². The van der Waals surface area contributed by atoms with Crippen LogP contribution in [0.4, 0.5) is 10.1 Å². The zero-order valence-electron chi connectivity index (χ0n) is 13.6. The highest BCUT2D eigenvalue weighted by Crippen LogP contribution is 2.06. The molecule has 0 saturated carbocycles. The van der Waals surface area contributed by atoms with E-state index in [9.17, 15) is 9.18 Å². The first-order valence-electron chi connectivity index (χ1n) is 7.72. The molecule has 0 fully saturated rings. The fourth-order valence-corrected chi connectivity index (χ4v) is 2.13. The van der Waals surface area contributed by atoms with Crippen molar-refractivity contribution in [1.82, 2.24) is 10.6 Å². The Hall–Kier alpha value is -2.89. The number of amides is 1. The van der Waals surface area contributed by atoms with Crippen LogP contribution in [0.1, 0.15) is 5.56 Å². The van der Waals surface area contributed by atoms with Crippen molar-refractivity contribution >= 4 is 17.6 Å². The number of hydrogen-bond acceptors (Lipinski definition) is 2. The Morgan fingerprint density at radius 1 is 1.04 bits per heavy atom. The zero-order chi connectivity index (χ0) is 17.2. The fraction of sp³-hybridized carbons (Fsp3) is 0.222. The first-order chi connectivity index (χ1) is 11.7. The number of carbonyl (C=O) groups excluding carboxylic acids is 1. The molecule has 2 rings (SSSR count). The second-order valence-corrected chi connectivity index (χ2v) is 5.11. The number of halogens is 1. The van der Waals surface area contributed by atoms with E-state index in [1.165, 1.54) is 6.07 Å². The van der Waals surface area contributed by atoms with E-state index < -0.39 is 0 Å². The molecule has 0 bridgehead atoms. The van der Waals surface area contributed by atoms with E-state index in [0.29, 0.717) is 24.5 Å². The quantitative estimate of drug-likeness (QED) is 0.562. The Kier molecular flexibility index (Phi) is 6.76. The van der Waals surface area contributed by atoms with E-state index in [0.717, 1.165) is 5.69 Å². The third-order valence-electron chi connectivity index (χ3n) is 3.34. The van der Waals surface area contributed by atoms with Crippen molar-refractivity contribution in [2.75, 3.05) is 25.5 Å². The number of carbonyl (C=O) groups is 1. The molecule has 24 heavy (non-hydrogen) atoms. The molecule has 0 saturated heterocycles. The minimum absolute atomic E-state index is 0.0915. The van der Waals surface area contributed by atoms with E-state index in [-0.39, 0.29) is 18.3 Å². The van der Waals surface area contributed by atoms with Gasteiger partial charge in [0.15, 0.2) is 5.96 Å². The maximum atomic E-state index is 13.5. The molecule has 0 aliphatic heterocycles. The molecule has 2 aromatic carbocycles. The lowest BCUT2D eigenvalue weighted by atomic mass is 10.1. The van der Waals surface area contributed by atoms with Crippen LogP contribution in [-0.2, 0) is 11.2 Å². The molecule has 1 amide bonds. The van der Waals surface area contributed by atoms with Crippen molar-refractivity contribution in [1.29, 1.82) is 0 Å². The summed E-state index contributed by atoms with van der Waals surface area (Å²) in [5.41, 5.74) is 1.38. The summed E-state index contributed by atoms with van der Waals surface area (Å²) in [4.78, 5) is 15.9. The second-order valence-electron chi connectivity index (χ2n) is 5.11. The van der Waals surface area contributed by atoms with Crippen LogP contribution < -0.4 is 16.0 Å². The van der Waals surface area contributed by atoms with Crippen molar-refractivity contribution in [2.24, 2.45) is 4.99 Å². The average molecular weight is 328 g/mol. The Morgan fingerprint density at radius 3 is 2.46 bits per heavy atom. The minimum Gasteiger partial charge on any atom is -0.356 e. The molecule has 0 unspecified atom stereocenters. The standard InChI is InChI=1S/C18H21FN4O/c1-20-18(21-12-11-14-7-5-6-10-16(14)19)22-13-17(24)23-15-8-3-2-4-9-15/h2-10H,11-13H2,1H3,(H,23,24)(H2,20,21,22). The lowest BCUT2D eigenvalue weighted by molar-refractivity contribution is -0.115. The summed E-state index contributed by atoms with van der Waals surface area (Å²) < 4.78 is 13.5. The van der Waals surface area contributed by atoms with Gasteiger partial charge in [-0.2, -0.15) is 0 Å². The van der Waals surface area contributed by atoms with E-state index in [1.54, 1.807) is 25.2 Å². The summed E-state index contributed by atoms with van der Waals surface area (Å²) in [7, 11) is 1.62. The highest BCUT2D eigenvalue weighted by molar-refractivity contribution is 5.94. The van der Waals surface area contributed by atoms with Crippen molar-refractivity contribution in [3.63, 3.8) is 0 Å². The maximum absolute atomic E-state index is 13.5. The van der Waals surface area contributed by atoms with Gasteiger partial charge in [-0.1, -0.05) is 36.4 Å². The molecule has 5 nitrogen and oxygen atoms in total. The molecular weight excluding hydrogens is 307 g/mol. The van der Waals surface area contributed by atoms with E-state index in [2.05, 4.69) is 20.9 Å². The smallest absolute Gasteiger partial charge is 0.243 e. The molecular formula is C18H21FN4O. The van der Waals surface area contributed by atoms with Gasteiger partial charge >= 0.3 is 0 Å². The van der Waals surface area contributed by atoms with E-state index in [1.807, 2.05) is 30.3 Å². The van der Waals surface area contributed by atoms with Crippen LogP contribution in [-0.4, -0.2) is 32.0 Å². The average Bonchev–Trinajstić information content (AvgIpc) is 2.60. The van der Waals surface area contributed by atoms with Crippen LogP contribution in [0.2, 0.25) is 0 Å². The number of aliphatic imine (C=N–C) groups is 1. The number of anilines is 1. The van der Waals surface area contributed by atoms with Gasteiger partial charge in [-0.15, -0.1) is 0 Å². The van der Waals surface area contributed by atoms with Crippen molar-refractivity contribution in [3.05, 3.63) is 66.0 Å². The predicted octanol–water partition coefficient (Wildman–Crippen LogP) is 2.17. The Morgan fingerprint density at radius 2 is 1.75 bits per heavy atom. The molecule has 0 spiro atoms. The molecule has 0 heterocycles. The zero-order valence-corrected chi connectivity index (χ0v) is 13.6. The van der Waals surface area contributed by atoms with Gasteiger partial charge in [0, 0.05) is 19.3 Å². The summed E-state index contributed by atoms with van der Waals surface area (Å²) >= 11 is 0. The van der Waals surface area contributed by atoms with Gasteiger partial charge in [0.2, 0.25) is 5.91 Å². The molecule has 0 aliphatic rings. The molecule has 0 radical (unpaired) electrons. The lowest BCUT2D eigenvalue weighted by Gasteiger charge is -2.12. The van der Waals surface area contributed by atoms with Gasteiger partial charge in [-0.25, -0.2) is 4.39 Å².